The molecule has 8 aromatic rings. The van der Waals surface area contributed by atoms with Crippen LogP contribution in [0.2, 0.25) is 0 Å². The number of nitrogens with zero attached hydrogens (tertiary/aromatic N) is 4. The summed E-state index contributed by atoms with van der Waals surface area (Å²) in [5, 5.41) is 2.08. The maximum absolute atomic E-state index is 8.06. The van der Waals surface area contributed by atoms with Gasteiger partial charge in [-0.2, -0.15) is 53.6 Å². The van der Waals surface area contributed by atoms with Crippen molar-refractivity contribution < 1.29 is 25.2 Å². The van der Waals surface area contributed by atoms with Gasteiger partial charge in [-0.1, -0.05) is 132 Å². The molecule has 1 aliphatic rings. The van der Waals surface area contributed by atoms with Gasteiger partial charge >= 0.3 is 0 Å². The van der Waals surface area contributed by atoms with E-state index in [1.807, 2.05) is 22.8 Å². The third-order valence-electron chi connectivity index (χ3n) is 12.2. The van der Waals surface area contributed by atoms with Crippen LogP contribution in [-0.2, 0) is 37.3 Å². The molecule has 4 nitrogen and oxygen atoms in total. The van der Waals surface area contributed by atoms with Gasteiger partial charge in [-0.3, -0.25) is 0 Å². The third-order valence-corrected chi connectivity index (χ3v) is 12.2. The van der Waals surface area contributed by atoms with Crippen molar-refractivity contribution in [1.82, 2.24) is 9.55 Å². The van der Waals surface area contributed by atoms with E-state index >= 15 is 0 Å². The van der Waals surface area contributed by atoms with Crippen LogP contribution in [0, 0.1) is 25.7 Å². The van der Waals surface area contributed by atoms with Crippen molar-refractivity contribution in [3.05, 3.63) is 222 Å². The molecule has 298 valence electrons. The van der Waals surface area contributed by atoms with Crippen molar-refractivity contribution in [2.75, 3.05) is 9.80 Å². The Morgan fingerprint density at radius 3 is 1.86 bits per heavy atom. The molecule has 0 amide bonds. The molecule has 0 fully saturated rings. The number of para-hydroxylation sites is 1. The van der Waals surface area contributed by atoms with Gasteiger partial charge in [0.05, 0.1) is 0 Å². The molecule has 3 heterocycles. The quantitative estimate of drug-likeness (QED) is 0.135. The molecule has 0 saturated carbocycles. The van der Waals surface area contributed by atoms with Gasteiger partial charge in [0.15, 0.2) is 0 Å². The van der Waals surface area contributed by atoms with E-state index in [1.165, 1.54) is 22.3 Å². The fourth-order valence-electron chi connectivity index (χ4n) is 8.33. The molecule has 0 saturated heterocycles. The van der Waals surface area contributed by atoms with Crippen LogP contribution in [0.25, 0.3) is 27.6 Å². The Labute approximate surface area is 368 Å². The number of aryl methyl sites for hydroxylation is 1. The number of hydrogen-bond acceptors (Lipinski definition) is 3. The minimum Gasteiger partial charge on any atom is -0.500 e. The van der Waals surface area contributed by atoms with Crippen LogP contribution in [0.15, 0.2) is 164 Å². The van der Waals surface area contributed by atoms with Crippen LogP contribution in [-0.4, -0.2) is 9.55 Å². The number of pyridine rings is 1. The first-order chi connectivity index (χ1) is 29.1. The smallest absolute Gasteiger partial charge is 0.135 e. The summed E-state index contributed by atoms with van der Waals surface area (Å²) >= 11 is 0. The Morgan fingerprint density at radius 1 is 0.559 bits per heavy atom. The van der Waals surface area contributed by atoms with Gasteiger partial charge in [0.2, 0.25) is 0 Å². The molecule has 0 spiro atoms. The van der Waals surface area contributed by atoms with E-state index in [0.717, 1.165) is 44.3 Å². The summed E-state index contributed by atoms with van der Waals surface area (Å²) < 4.78 is 26.2. The van der Waals surface area contributed by atoms with Gasteiger partial charge in [0, 0.05) is 53.4 Å². The first kappa shape index (κ1) is 36.4. The summed E-state index contributed by atoms with van der Waals surface area (Å²) in [6.45, 7) is 13.5. The number of anilines is 2. The first-order valence-corrected chi connectivity index (χ1v) is 20.0. The standard InChI is InChI=1S/C54H49N4.Pt/c1-38-27-28-55-51(31-38)58-49-24-15-14-23-47(49)48-26-25-42(36-50(48)58)54(6,7)41-21-16-22-45(33-41)56-29-30-57(37-56)46-34-43(52(2,3)39-17-10-8-11-18-39)32-44(35-46)53(4,5)40-19-12-9-13-20-40;/h8-32,34-35,37H,1-7H3;/q-3;/i1D3;. The van der Waals surface area contributed by atoms with Crippen LogP contribution in [0.3, 0.4) is 0 Å². The molecular formula is C54H49N4Pt-3. The van der Waals surface area contributed by atoms with Crippen molar-refractivity contribution in [3.63, 3.8) is 0 Å². The van der Waals surface area contributed by atoms with Gasteiger partial charge in [-0.15, -0.1) is 17.7 Å². The van der Waals surface area contributed by atoms with Crippen molar-refractivity contribution in [3.8, 4) is 5.82 Å². The second-order valence-electron chi connectivity index (χ2n) is 16.9. The summed E-state index contributed by atoms with van der Waals surface area (Å²) in [5.41, 5.74) is 10.1. The molecule has 9 rings (SSSR count). The predicted molar refractivity (Wildman–Crippen MR) is 242 cm³/mol. The molecule has 0 unspecified atom stereocenters. The zero-order valence-electron chi connectivity index (χ0n) is 37.3. The second kappa shape index (κ2) is 15.5. The number of aromatic nitrogens is 2. The van der Waals surface area contributed by atoms with Gasteiger partial charge in [0.1, 0.15) is 5.82 Å². The van der Waals surface area contributed by atoms with E-state index < -0.39 is 12.3 Å². The summed E-state index contributed by atoms with van der Waals surface area (Å²) in [7, 11) is 0. The molecule has 0 radical (unpaired) electrons. The number of rotatable bonds is 9. The minimum absolute atomic E-state index is 0. The molecule has 0 bridgehead atoms. The Hall–Kier alpha value is -5.70. The van der Waals surface area contributed by atoms with Crippen molar-refractivity contribution >= 4 is 33.2 Å². The van der Waals surface area contributed by atoms with Gasteiger partial charge < -0.3 is 14.4 Å². The second-order valence-corrected chi connectivity index (χ2v) is 16.9. The Balaban J connectivity index is 0.00000529. The predicted octanol–water partition coefficient (Wildman–Crippen LogP) is 13.0. The topological polar surface area (TPSA) is 24.3 Å². The fraction of sp³-hybridized carbons (Fsp3) is 0.185. The average Bonchev–Trinajstić information content (AvgIpc) is 3.90. The molecule has 0 aliphatic carbocycles. The number of hydrogen-bond donors (Lipinski definition) is 0. The zero-order valence-corrected chi connectivity index (χ0v) is 36.5. The Bertz CT molecular complexity index is 2860. The first-order valence-electron chi connectivity index (χ1n) is 21.5. The van der Waals surface area contributed by atoms with Crippen molar-refractivity contribution in [2.45, 2.75) is 64.6 Å². The SMILES string of the molecule is [2H]C([2H])([2H])c1ccnc(-n2c3[c-]c(C(C)(C)c4[c-]c(N5C=CN(c6cc(C(C)(C)c7ccccc7)cc(C(C)(C)c7ccccc7)c6)[CH-]5)ccc4)ccc3c3ccccc32)c1.[Pt]. The zero-order chi connectivity index (χ0) is 42.7. The Kier molecular flexibility index (Phi) is 9.54. The molecule has 0 atom stereocenters. The summed E-state index contributed by atoms with van der Waals surface area (Å²) in [5.74, 6) is 0.547. The van der Waals surface area contributed by atoms with Gasteiger partial charge in [-0.05, 0) is 88.2 Å². The Morgan fingerprint density at radius 2 is 1.19 bits per heavy atom. The number of fused-ring (bicyclic) bond motifs is 3. The molecule has 59 heavy (non-hydrogen) atoms. The largest absolute Gasteiger partial charge is 0.500 e. The van der Waals surface area contributed by atoms with Crippen molar-refractivity contribution in [1.29, 1.82) is 0 Å². The van der Waals surface area contributed by atoms with Crippen LogP contribution in [0.4, 0.5) is 11.4 Å². The summed E-state index contributed by atoms with van der Waals surface area (Å²) in [4.78, 5) is 8.99. The summed E-state index contributed by atoms with van der Waals surface area (Å²) in [6, 6.07) is 58.1. The maximum Gasteiger partial charge on any atom is 0.135 e. The molecule has 1 aliphatic heterocycles. The normalized spacial score (nSPS) is 14.3. The monoisotopic (exact) mass is 951 g/mol. The molecular weight excluding hydrogens is 900 g/mol. The van der Waals surface area contributed by atoms with Gasteiger partial charge in [0.25, 0.3) is 0 Å². The fourth-order valence-corrected chi connectivity index (χ4v) is 8.33. The van der Waals surface area contributed by atoms with Crippen LogP contribution in [0.1, 0.15) is 84.6 Å². The third kappa shape index (κ3) is 7.23. The van der Waals surface area contributed by atoms with Crippen LogP contribution in [0.5, 0.6) is 0 Å². The van der Waals surface area contributed by atoms with E-state index in [9.17, 15) is 0 Å². The molecule has 5 heteroatoms. The van der Waals surface area contributed by atoms with E-state index in [-0.39, 0.29) is 37.5 Å². The summed E-state index contributed by atoms with van der Waals surface area (Å²) in [6.07, 6.45) is 5.79. The molecule has 0 N–H and O–H groups in total. The van der Waals surface area contributed by atoms with Crippen molar-refractivity contribution in [2.24, 2.45) is 0 Å². The molecule has 2 aromatic heterocycles. The average molecular weight is 952 g/mol. The minimum atomic E-state index is -2.25. The van der Waals surface area contributed by atoms with E-state index in [0.29, 0.717) is 5.82 Å². The van der Waals surface area contributed by atoms with E-state index in [4.69, 9.17) is 4.11 Å². The maximum atomic E-state index is 8.06. The van der Waals surface area contributed by atoms with Crippen LogP contribution >= 0.6 is 0 Å². The van der Waals surface area contributed by atoms with E-state index in [1.54, 1.807) is 18.3 Å². The van der Waals surface area contributed by atoms with Gasteiger partial charge in [-0.25, -0.2) is 4.98 Å². The van der Waals surface area contributed by atoms with E-state index in [2.05, 4.69) is 203 Å². The number of benzene rings is 6. The van der Waals surface area contributed by atoms with Crippen LogP contribution < -0.4 is 9.80 Å². The molecule has 6 aromatic carbocycles.